The SMILES string of the molecule is CC(O)C(NC(=O)C(Cc1ccccc1)NC(=O)CN)C(=O)NC(Cc1ccccc1)C(=O)O. The van der Waals surface area contributed by atoms with Crippen LogP contribution in [0.25, 0.3) is 0 Å². The number of benzene rings is 2. The fourth-order valence-corrected chi connectivity index (χ4v) is 3.28. The van der Waals surface area contributed by atoms with Gasteiger partial charge in [-0.2, -0.15) is 0 Å². The van der Waals surface area contributed by atoms with Crippen LogP contribution in [0.5, 0.6) is 0 Å². The second kappa shape index (κ2) is 13.1. The van der Waals surface area contributed by atoms with Crippen molar-refractivity contribution in [3.63, 3.8) is 0 Å². The van der Waals surface area contributed by atoms with E-state index in [-0.39, 0.29) is 19.4 Å². The predicted molar refractivity (Wildman–Crippen MR) is 124 cm³/mol. The zero-order valence-corrected chi connectivity index (χ0v) is 18.8. The van der Waals surface area contributed by atoms with Crippen LogP contribution in [0.2, 0.25) is 0 Å². The molecule has 0 saturated heterocycles. The van der Waals surface area contributed by atoms with Gasteiger partial charge in [0, 0.05) is 12.8 Å². The predicted octanol–water partition coefficient (Wildman–Crippen LogP) is -0.650. The average Bonchev–Trinajstić information content (AvgIpc) is 2.82. The van der Waals surface area contributed by atoms with Crippen molar-refractivity contribution in [1.29, 1.82) is 0 Å². The molecule has 2 aromatic rings. The maximum Gasteiger partial charge on any atom is 0.326 e. The molecule has 2 rings (SSSR count). The van der Waals surface area contributed by atoms with Crippen LogP contribution in [0.15, 0.2) is 60.7 Å². The largest absolute Gasteiger partial charge is 0.480 e. The monoisotopic (exact) mass is 470 g/mol. The molecule has 0 radical (unpaired) electrons. The van der Waals surface area contributed by atoms with Gasteiger partial charge in [0.2, 0.25) is 17.7 Å². The summed E-state index contributed by atoms with van der Waals surface area (Å²) < 4.78 is 0. The summed E-state index contributed by atoms with van der Waals surface area (Å²) in [6, 6.07) is 13.9. The average molecular weight is 471 g/mol. The summed E-state index contributed by atoms with van der Waals surface area (Å²) in [4.78, 5) is 49.3. The minimum Gasteiger partial charge on any atom is -0.480 e. The topological polar surface area (TPSA) is 171 Å². The summed E-state index contributed by atoms with van der Waals surface area (Å²) in [6.07, 6.45) is -1.19. The number of carbonyl (C=O) groups excluding carboxylic acids is 3. The molecule has 0 saturated carbocycles. The lowest BCUT2D eigenvalue weighted by molar-refractivity contribution is -0.143. The third kappa shape index (κ3) is 8.30. The van der Waals surface area contributed by atoms with E-state index in [1.165, 1.54) is 6.92 Å². The van der Waals surface area contributed by atoms with Crippen molar-refractivity contribution < 1.29 is 29.4 Å². The fourth-order valence-electron chi connectivity index (χ4n) is 3.28. The first-order chi connectivity index (χ1) is 16.2. The Morgan fingerprint density at radius 3 is 1.74 bits per heavy atom. The first-order valence-electron chi connectivity index (χ1n) is 10.8. The molecule has 4 atom stereocenters. The van der Waals surface area contributed by atoms with Gasteiger partial charge in [-0.15, -0.1) is 0 Å². The molecule has 0 bridgehead atoms. The molecule has 34 heavy (non-hydrogen) atoms. The second-order valence-electron chi connectivity index (χ2n) is 7.83. The molecule has 10 nitrogen and oxygen atoms in total. The van der Waals surface area contributed by atoms with E-state index < -0.39 is 47.9 Å². The van der Waals surface area contributed by atoms with E-state index in [2.05, 4.69) is 16.0 Å². The number of amides is 3. The van der Waals surface area contributed by atoms with Gasteiger partial charge in [-0.3, -0.25) is 14.4 Å². The summed E-state index contributed by atoms with van der Waals surface area (Å²) in [5, 5.41) is 27.0. The highest BCUT2D eigenvalue weighted by Gasteiger charge is 2.32. The van der Waals surface area contributed by atoms with Gasteiger partial charge in [0.05, 0.1) is 12.6 Å². The van der Waals surface area contributed by atoms with Crippen molar-refractivity contribution in [3.05, 3.63) is 71.8 Å². The van der Waals surface area contributed by atoms with Crippen molar-refractivity contribution in [2.24, 2.45) is 5.73 Å². The van der Waals surface area contributed by atoms with Crippen LogP contribution >= 0.6 is 0 Å². The van der Waals surface area contributed by atoms with Gasteiger partial charge >= 0.3 is 5.97 Å². The molecule has 0 spiro atoms. The highest BCUT2D eigenvalue weighted by Crippen LogP contribution is 2.07. The van der Waals surface area contributed by atoms with Gasteiger partial charge in [-0.1, -0.05) is 60.7 Å². The molecule has 4 unspecified atom stereocenters. The van der Waals surface area contributed by atoms with Crippen LogP contribution < -0.4 is 21.7 Å². The summed E-state index contributed by atoms with van der Waals surface area (Å²) in [6.45, 7) is 0.959. The number of hydrogen-bond acceptors (Lipinski definition) is 6. The highest BCUT2D eigenvalue weighted by atomic mass is 16.4. The van der Waals surface area contributed by atoms with Crippen molar-refractivity contribution in [1.82, 2.24) is 16.0 Å². The van der Waals surface area contributed by atoms with Crippen LogP contribution in [-0.2, 0) is 32.0 Å². The lowest BCUT2D eigenvalue weighted by Crippen LogP contribution is -2.59. The fraction of sp³-hybridized carbons (Fsp3) is 0.333. The number of carboxylic acids is 1. The summed E-state index contributed by atoms with van der Waals surface area (Å²) >= 11 is 0. The van der Waals surface area contributed by atoms with Gasteiger partial charge in [0.1, 0.15) is 18.1 Å². The standard InChI is InChI=1S/C24H30N4O6/c1-15(29)21(23(32)27-19(24(33)34)13-17-10-6-3-7-11-17)28-22(31)18(26-20(30)14-25)12-16-8-4-2-5-9-16/h2-11,15,18-19,21,29H,12-14,25H2,1H3,(H,26,30)(H,27,32)(H,28,31)(H,33,34). The second-order valence-corrected chi connectivity index (χ2v) is 7.83. The van der Waals surface area contributed by atoms with Crippen molar-refractivity contribution >= 4 is 23.7 Å². The first-order valence-corrected chi connectivity index (χ1v) is 10.8. The molecule has 10 heteroatoms. The number of nitrogens with one attached hydrogen (secondary N) is 3. The lowest BCUT2D eigenvalue weighted by Gasteiger charge is -2.26. The minimum absolute atomic E-state index is 0.0194. The molecule has 0 aliphatic heterocycles. The number of carboxylic acid groups (broad SMARTS) is 1. The van der Waals surface area contributed by atoms with E-state index >= 15 is 0 Å². The van der Waals surface area contributed by atoms with Gasteiger partial charge < -0.3 is 31.9 Å². The summed E-state index contributed by atoms with van der Waals surface area (Å²) in [5.41, 5.74) is 6.81. The Kier molecular flexibility index (Phi) is 10.2. The summed E-state index contributed by atoms with van der Waals surface area (Å²) in [7, 11) is 0. The molecule has 0 fully saturated rings. The summed E-state index contributed by atoms with van der Waals surface area (Å²) in [5.74, 6) is -3.41. The van der Waals surface area contributed by atoms with Crippen molar-refractivity contribution in [2.45, 2.75) is 44.0 Å². The zero-order valence-electron chi connectivity index (χ0n) is 18.8. The molecule has 3 amide bonds. The zero-order chi connectivity index (χ0) is 25.1. The molecular weight excluding hydrogens is 440 g/mol. The molecule has 7 N–H and O–H groups in total. The van der Waals surface area contributed by atoms with E-state index in [0.29, 0.717) is 5.56 Å². The minimum atomic E-state index is -1.45. The Morgan fingerprint density at radius 2 is 1.29 bits per heavy atom. The van der Waals surface area contributed by atoms with Crippen molar-refractivity contribution in [2.75, 3.05) is 6.54 Å². The number of aliphatic hydroxyl groups is 1. The molecule has 0 heterocycles. The molecule has 0 aromatic heterocycles. The molecular formula is C24H30N4O6. The van der Waals surface area contributed by atoms with Crippen LogP contribution in [0.1, 0.15) is 18.1 Å². The molecule has 0 aliphatic rings. The number of nitrogens with two attached hydrogens (primary N) is 1. The van der Waals surface area contributed by atoms with E-state index in [0.717, 1.165) is 5.56 Å². The number of rotatable bonds is 12. The quantitative estimate of drug-likeness (QED) is 0.239. The normalized spacial score (nSPS) is 14.2. The molecule has 182 valence electrons. The third-order valence-corrected chi connectivity index (χ3v) is 5.08. The van der Waals surface area contributed by atoms with Gasteiger partial charge in [0.15, 0.2) is 0 Å². The Labute approximate surface area is 197 Å². The van der Waals surface area contributed by atoms with E-state index in [1.54, 1.807) is 60.7 Å². The maximum absolute atomic E-state index is 13.0. The van der Waals surface area contributed by atoms with Crippen LogP contribution in [0.4, 0.5) is 0 Å². The highest BCUT2D eigenvalue weighted by molar-refractivity contribution is 5.94. The van der Waals surface area contributed by atoms with Gasteiger partial charge in [-0.05, 0) is 18.1 Å². The van der Waals surface area contributed by atoms with Crippen LogP contribution in [0, 0.1) is 0 Å². The Morgan fingerprint density at radius 1 is 0.794 bits per heavy atom. The van der Waals surface area contributed by atoms with Crippen LogP contribution in [-0.4, -0.2) is 64.7 Å². The van der Waals surface area contributed by atoms with E-state index in [9.17, 15) is 29.4 Å². The number of aliphatic carboxylic acids is 1. The molecule has 2 aromatic carbocycles. The number of hydrogen-bond donors (Lipinski definition) is 6. The number of aliphatic hydroxyl groups excluding tert-OH is 1. The Balaban J connectivity index is 2.14. The van der Waals surface area contributed by atoms with E-state index in [4.69, 9.17) is 5.73 Å². The van der Waals surface area contributed by atoms with Gasteiger partial charge in [-0.25, -0.2) is 4.79 Å². The van der Waals surface area contributed by atoms with Crippen LogP contribution in [0.3, 0.4) is 0 Å². The Bertz CT molecular complexity index is 968. The van der Waals surface area contributed by atoms with Crippen molar-refractivity contribution in [3.8, 4) is 0 Å². The van der Waals surface area contributed by atoms with Gasteiger partial charge in [0.25, 0.3) is 0 Å². The lowest BCUT2D eigenvalue weighted by atomic mass is 10.0. The molecule has 0 aliphatic carbocycles. The maximum atomic E-state index is 13.0. The Hall–Kier alpha value is -3.76. The first kappa shape index (κ1) is 26.5. The van der Waals surface area contributed by atoms with E-state index in [1.807, 2.05) is 0 Å². The smallest absolute Gasteiger partial charge is 0.326 e. The third-order valence-electron chi connectivity index (χ3n) is 5.08. The number of carbonyl (C=O) groups is 4.